The van der Waals surface area contributed by atoms with Gasteiger partial charge in [0.2, 0.25) is 5.91 Å². The van der Waals surface area contributed by atoms with Crippen molar-refractivity contribution in [3.63, 3.8) is 0 Å². The molecular weight excluding hydrogens is 422 g/mol. The SMILES string of the molecule is CCn1c(SCC(=O)Nc2ccccc2[N+](=O)[O-])nnc1-c1csc2c1CCCC2. The lowest BCUT2D eigenvalue weighted by Crippen LogP contribution is -2.15. The molecule has 0 bridgehead atoms. The standard InChI is InChI=1S/C20H21N5O3S2/c1-2-24-19(14-11-29-17-10-6-3-7-13(14)17)22-23-20(24)30-12-18(26)21-15-8-4-5-9-16(15)25(27)28/h4-5,8-9,11H,2-3,6-7,10,12H2,1H3,(H,21,26). The number of nitrogens with zero attached hydrogens (tertiary/aromatic N) is 4. The number of thioether (sulfide) groups is 1. The van der Waals surface area contributed by atoms with Crippen LogP contribution < -0.4 is 5.32 Å². The normalized spacial score (nSPS) is 13.1. The maximum Gasteiger partial charge on any atom is 0.292 e. The second-order valence-electron chi connectivity index (χ2n) is 6.92. The smallest absolute Gasteiger partial charge is 0.292 e. The molecule has 0 spiro atoms. The molecule has 1 N–H and O–H groups in total. The summed E-state index contributed by atoms with van der Waals surface area (Å²) in [5.74, 6) is 0.610. The minimum absolute atomic E-state index is 0.0892. The fourth-order valence-corrected chi connectivity index (χ4v) is 5.54. The quantitative estimate of drug-likeness (QED) is 0.327. The van der Waals surface area contributed by atoms with Crippen LogP contribution >= 0.6 is 23.1 Å². The fraction of sp³-hybridized carbons (Fsp3) is 0.350. The van der Waals surface area contributed by atoms with Gasteiger partial charge in [0.05, 0.1) is 10.7 Å². The van der Waals surface area contributed by atoms with Crippen LogP contribution in [0.2, 0.25) is 0 Å². The van der Waals surface area contributed by atoms with E-state index in [1.54, 1.807) is 23.5 Å². The monoisotopic (exact) mass is 443 g/mol. The number of aryl methyl sites for hydroxylation is 1. The van der Waals surface area contributed by atoms with Gasteiger partial charge in [0, 0.05) is 28.4 Å². The summed E-state index contributed by atoms with van der Waals surface area (Å²) < 4.78 is 2.03. The van der Waals surface area contributed by atoms with Crippen LogP contribution in [0, 0.1) is 10.1 Å². The topological polar surface area (TPSA) is 103 Å². The summed E-state index contributed by atoms with van der Waals surface area (Å²) in [6.45, 7) is 2.73. The number of thiophene rings is 1. The summed E-state index contributed by atoms with van der Waals surface area (Å²) in [4.78, 5) is 24.4. The van der Waals surface area contributed by atoms with Crippen molar-refractivity contribution in [3.8, 4) is 11.4 Å². The first kappa shape index (κ1) is 20.5. The molecule has 0 saturated heterocycles. The summed E-state index contributed by atoms with van der Waals surface area (Å²) in [6.07, 6.45) is 4.65. The van der Waals surface area contributed by atoms with Crippen molar-refractivity contribution in [2.24, 2.45) is 0 Å². The van der Waals surface area contributed by atoms with E-state index in [4.69, 9.17) is 0 Å². The van der Waals surface area contributed by atoms with Gasteiger partial charge in [-0.2, -0.15) is 0 Å². The summed E-state index contributed by atoms with van der Waals surface area (Å²) in [6, 6.07) is 6.10. The first-order valence-corrected chi connectivity index (χ1v) is 11.6. The number of hydrogen-bond donors (Lipinski definition) is 1. The molecule has 0 aliphatic heterocycles. The third kappa shape index (κ3) is 4.10. The van der Waals surface area contributed by atoms with E-state index in [1.165, 1.54) is 47.2 Å². The molecule has 0 atom stereocenters. The molecule has 2 aromatic heterocycles. The highest BCUT2D eigenvalue weighted by Crippen LogP contribution is 2.36. The number of nitro benzene ring substituents is 1. The van der Waals surface area contributed by atoms with Crippen molar-refractivity contribution in [2.45, 2.75) is 44.3 Å². The number of fused-ring (bicyclic) bond motifs is 1. The maximum atomic E-state index is 12.4. The zero-order valence-corrected chi connectivity index (χ0v) is 18.1. The Kier molecular flexibility index (Phi) is 6.14. The summed E-state index contributed by atoms with van der Waals surface area (Å²) in [5, 5.41) is 25.3. The lowest BCUT2D eigenvalue weighted by atomic mass is 9.96. The van der Waals surface area contributed by atoms with Crippen molar-refractivity contribution in [1.82, 2.24) is 14.8 Å². The van der Waals surface area contributed by atoms with E-state index in [1.807, 2.05) is 11.5 Å². The zero-order chi connectivity index (χ0) is 21.1. The van der Waals surface area contributed by atoms with Gasteiger partial charge in [-0.15, -0.1) is 21.5 Å². The van der Waals surface area contributed by atoms with E-state index in [0.29, 0.717) is 11.7 Å². The van der Waals surface area contributed by atoms with E-state index >= 15 is 0 Å². The van der Waals surface area contributed by atoms with E-state index in [0.717, 1.165) is 24.2 Å². The van der Waals surface area contributed by atoms with Crippen molar-refractivity contribution in [3.05, 3.63) is 50.2 Å². The number of carbonyl (C=O) groups is 1. The van der Waals surface area contributed by atoms with Gasteiger partial charge in [0.15, 0.2) is 11.0 Å². The van der Waals surface area contributed by atoms with Gasteiger partial charge >= 0.3 is 0 Å². The molecule has 0 unspecified atom stereocenters. The Labute approximate surface area is 181 Å². The highest BCUT2D eigenvalue weighted by atomic mass is 32.2. The number of amides is 1. The van der Waals surface area contributed by atoms with Crippen LogP contribution in [0.3, 0.4) is 0 Å². The van der Waals surface area contributed by atoms with Gasteiger partial charge in [-0.1, -0.05) is 23.9 Å². The van der Waals surface area contributed by atoms with Crippen LogP contribution in [-0.2, 0) is 24.2 Å². The summed E-state index contributed by atoms with van der Waals surface area (Å²) in [7, 11) is 0. The number of para-hydroxylation sites is 2. The van der Waals surface area contributed by atoms with Crippen LogP contribution in [-0.4, -0.2) is 31.3 Å². The van der Waals surface area contributed by atoms with Gasteiger partial charge in [-0.3, -0.25) is 14.9 Å². The molecule has 30 heavy (non-hydrogen) atoms. The molecule has 1 aliphatic carbocycles. The molecule has 0 fully saturated rings. The number of nitrogens with one attached hydrogen (secondary N) is 1. The third-order valence-corrected chi connectivity index (χ3v) is 7.10. The second-order valence-corrected chi connectivity index (χ2v) is 8.83. The van der Waals surface area contributed by atoms with Gasteiger partial charge < -0.3 is 9.88 Å². The fourth-order valence-electron chi connectivity index (χ4n) is 3.62. The van der Waals surface area contributed by atoms with Crippen molar-refractivity contribution >= 4 is 40.4 Å². The number of hydrogen-bond acceptors (Lipinski definition) is 7. The Bertz CT molecular complexity index is 1090. The molecular formula is C20H21N5O3S2. The average Bonchev–Trinajstić information content (AvgIpc) is 3.35. The largest absolute Gasteiger partial charge is 0.320 e. The molecule has 8 nitrogen and oxygen atoms in total. The van der Waals surface area contributed by atoms with Gasteiger partial charge in [0.25, 0.3) is 5.69 Å². The van der Waals surface area contributed by atoms with Crippen molar-refractivity contribution in [1.29, 1.82) is 0 Å². The molecule has 156 valence electrons. The summed E-state index contributed by atoms with van der Waals surface area (Å²) in [5.41, 5.74) is 2.60. The Balaban J connectivity index is 1.48. The average molecular weight is 444 g/mol. The van der Waals surface area contributed by atoms with Crippen LogP contribution in [0.5, 0.6) is 0 Å². The first-order chi connectivity index (χ1) is 14.6. The number of rotatable bonds is 7. The van der Waals surface area contributed by atoms with Crippen LogP contribution in [0.25, 0.3) is 11.4 Å². The van der Waals surface area contributed by atoms with Crippen molar-refractivity contribution < 1.29 is 9.72 Å². The molecule has 0 saturated carbocycles. The van der Waals surface area contributed by atoms with E-state index in [9.17, 15) is 14.9 Å². The Hall–Kier alpha value is -2.72. The molecule has 0 radical (unpaired) electrons. The number of anilines is 1. The lowest BCUT2D eigenvalue weighted by Gasteiger charge is -2.13. The molecule has 4 rings (SSSR count). The van der Waals surface area contributed by atoms with Crippen molar-refractivity contribution in [2.75, 3.05) is 11.1 Å². The maximum absolute atomic E-state index is 12.4. The second kappa shape index (κ2) is 8.97. The van der Waals surface area contributed by atoms with E-state index in [-0.39, 0.29) is 23.0 Å². The summed E-state index contributed by atoms with van der Waals surface area (Å²) >= 11 is 3.07. The molecule has 1 aromatic carbocycles. The minimum Gasteiger partial charge on any atom is -0.320 e. The highest BCUT2D eigenvalue weighted by molar-refractivity contribution is 7.99. The molecule has 1 aliphatic rings. The minimum atomic E-state index is -0.510. The van der Waals surface area contributed by atoms with Crippen LogP contribution in [0.4, 0.5) is 11.4 Å². The van der Waals surface area contributed by atoms with Crippen LogP contribution in [0.15, 0.2) is 34.8 Å². The highest BCUT2D eigenvalue weighted by Gasteiger charge is 2.22. The molecule has 3 aromatic rings. The number of nitro groups is 1. The predicted molar refractivity (Wildman–Crippen MR) is 118 cm³/mol. The Morgan fingerprint density at radius 1 is 1.30 bits per heavy atom. The first-order valence-electron chi connectivity index (χ1n) is 9.77. The molecule has 2 heterocycles. The van der Waals surface area contributed by atoms with Gasteiger partial charge in [-0.05, 0) is 44.2 Å². The molecule has 1 amide bonds. The Morgan fingerprint density at radius 3 is 2.90 bits per heavy atom. The van der Waals surface area contributed by atoms with Crippen LogP contribution in [0.1, 0.15) is 30.2 Å². The number of carbonyl (C=O) groups excluding carboxylic acids is 1. The third-order valence-electron chi connectivity index (χ3n) is 5.04. The van der Waals surface area contributed by atoms with Gasteiger partial charge in [-0.25, -0.2) is 0 Å². The van der Waals surface area contributed by atoms with E-state index < -0.39 is 4.92 Å². The number of aromatic nitrogens is 3. The van der Waals surface area contributed by atoms with E-state index in [2.05, 4.69) is 20.9 Å². The predicted octanol–water partition coefficient (Wildman–Crippen LogP) is 4.54. The number of benzene rings is 1. The van der Waals surface area contributed by atoms with Gasteiger partial charge in [0.1, 0.15) is 5.69 Å². The lowest BCUT2D eigenvalue weighted by molar-refractivity contribution is -0.383. The Morgan fingerprint density at radius 2 is 2.10 bits per heavy atom. The zero-order valence-electron chi connectivity index (χ0n) is 16.5. The molecule has 10 heteroatoms.